The van der Waals surface area contributed by atoms with Gasteiger partial charge in [-0.05, 0) is 24.6 Å². The van der Waals surface area contributed by atoms with Gasteiger partial charge in [0.15, 0.2) is 11.6 Å². The molecule has 0 radical (unpaired) electrons. The van der Waals surface area contributed by atoms with E-state index in [1.54, 1.807) is 6.07 Å². The maximum Gasteiger partial charge on any atom is 0.171 e. The lowest BCUT2D eigenvalue weighted by Gasteiger charge is -2.06. The van der Waals surface area contributed by atoms with Gasteiger partial charge >= 0.3 is 0 Å². The Morgan fingerprint density at radius 1 is 1.28 bits per heavy atom. The van der Waals surface area contributed by atoms with Gasteiger partial charge in [0.2, 0.25) is 0 Å². The molecule has 0 atom stereocenters. The molecule has 2 aromatic heterocycles. The standard InChI is InChI=1S/C13H12N4O/c1-9-7-15-17(8-9)11-5-3-2-4-10(11)12-6-13(14)16-18-12/h2-8H,1H3,(H2,14,16). The van der Waals surface area contributed by atoms with Gasteiger partial charge in [0.1, 0.15) is 0 Å². The summed E-state index contributed by atoms with van der Waals surface area (Å²) < 4.78 is 7.01. The van der Waals surface area contributed by atoms with E-state index in [0.29, 0.717) is 11.6 Å². The topological polar surface area (TPSA) is 69.9 Å². The minimum absolute atomic E-state index is 0.372. The predicted molar refractivity (Wildman–Crippen MR) is 68.2 cm³/mol. The molecule has 5 heteroatoms. The molecule has 0 spiro atoms. The number of nitrogens with two attached hydrogens (primary N) is 1. The second kappa shape index (κ2) is 4.03. The summed E-state index contributed by atoms with van der Waals surface area (Å²) in [5, 5.41) is 8.01. The number of benzene rings is 1. The van der Waals surface area contributed by atoms with Gasteiger partial charge in [0.05, 0.1) is 11.9 Å². The van der Waals surface area contributed by atoms with Crippen molar-refractivity contribution in [1.29, 1.82) is 0 Å². The second-order valence-corrected chi connectivity index (χ2v) is 4.10. The van der Waals surface area contributed by atoms with E-state index in [2.05, 4.69) is 10.3 Å². The lowest BCUT2D eigenvalue weighted by molar-refractivity contribution is 0.435. The largest absolute Gasteiger partial charge is 0.381 e. The van der Waals surface area contributed by atoms with E-state index < -0.39 is 0 Å². The Morgan fingerprint density at radius 2 is 2.11 bits per heavy atom. The van der Waals surface area contributed by atoms with Crippen molar-refractivity contribution >= 4 is 5.82 Å². The second-order valence-electron chi connectivity index (χ2n) is 4.10. The minimum atomic E-state index is 0.372. The lowest BCUT2D eigenvalue weighted by Crippen LogP contribution is -1.96. The number of aromatic nitrogens is 3. The summed E-state index contributed by atoms with van der Waals surface area (Å²) in [6, 6.07) is 9.52. The van der Waals surface area contributed by atoms with Crippen LogP contribution in [0.1, 0.15) is 5.56 Å². The van der Waals surface area contributed by atoms with Crippen molar-refractivity contribution < 1.29 is 4.52 Å². The Bertz CT molecular complexity index is 624. The van der Waals surface area contributed by atoms with E-state index >= 15 is 0 Å². The first-order chi connectivity index (χ1) is 8.74. The quantitative estimate of drug-likeness (QED) is 0.746. The van der Waals surface area contributed by atoms with Crippen LogP contribution in [0.4, 0.5) is 5.82 Å². The Labute approximate surface area is 104 Å². The number of anilines is 1. The molecule has 0 bridgehead atoms. The third-order valence-corrected chi connectivity index (χ3v) is 2.66. The zero-order valence-electron chi connectivity index (χ0n) is 9.87. The average Bonchev–Trinajstić information content (AvgIpc) is 2.98. The van der Waals surface area contributed by atoms with Crippen LogP contribution < -0.4 is 5.73 Å². The Kier molecular flexibility index (Phi) is 2.37. The van der Waals surface area contributed by atoms with Gasteiger partial charge in [-0.2, -0.15) is 5.10 Å². The molecule has 0 saturated carbocycles. The molecule has 0 fully saturated rings. The highest BCUT2D eigenvalue weighted by molar-refractivity contribution is 5.69. The third-order valence-electron chi connectivity index (χ3n) is 2.66. The Hall–Kier alpha value is -2.56. The fourth-order valence-electron chi connectivity index (χ4n) is 1.84. The van der Waals surface area contributed by atoms with Crippen LogP contribution in [0.3, 0.4) is 0 Å². The fraction of sp³-hybridized carbons (Fsp3) is 0.0769. The zero-order valence-corrected chi connectivity index (χ0v) is 9.87. The van der Waals surface area contributed by atoms with Gasteiger partial charge in [-0.3, -0.25) is 0 Å². The first kappa shape index (κ1) is 10.6. The molecule has 0 aliphatic carbocycles. The molecule has 3 aromatic rings. The highest BCUT2D eigenvalue weighted by atomic mass is 16.5. The molecular formula is C13H12N4O. The van der Waals surface area contributed by atoms with Gasteiger partial charge in [-0.1, -0.05) is 17.3 Å². The zero-order chi connectivity index (χ0) is 12.5. The van der Waals surface area contributed by atoms with Gasteiger partial charge < -0.3 is 10.3 Å². The molecule has 90 valence electrons. The van der Waals surface area contributed by atoms with Crippen LogP contribution in [0.15, 0.2) is 47.2 Å². The Morgan fingerprint density at radius 3 is 2.78 bits per heavy atom. The molecule has 0 amide bonds. The molecule has 5 nitrogen and oxygen atoms in total. The lowest BCUT2D eigenvalue weighted by atomic mass is 10.1. The van der Waals surface area contributed by atoms with Gasteiger partial charge in [0, 0.05) is 17.8 Å². The number of para-hydroxylation sites is 1. The monoisotopic (exact) mass is 240 g/mol. The van der Waals surface area contributed by atoms with Gasteiger partial charge in [-0.25, -0.2) is 4.68 Å². The molecule has 0 aliphatic heterocycles. The van der Waals surface area contributed by atoms with Crippen LogP contribution in [-0.4, -0.2) is 14.9 Å². The van der Waals surface area contributed by atoms with Crippen LogP contribution in [0.5, 0.6) is 0 Å². The number of hydrogen-bond acceptors (Lipinski definition) is 4. The highest BCUT2D eigenvalue weighted by Crippen LogP contribution is 2.27. The summed E-state index contributed by atoms with van der Waals surface area (Å²) in [5.41, 5.74) is 8.52. The first-order valence-corrected chi connectivity index (χ1v) is 5.57. The molecule has 1 aromatic carbocycles. The van der Waals surface area contributed by atoms with E-state index in [1.807, 2.05) is 48.3 Å². The molecule has 0 aliphatic rings. The van der Waals surface area contributed by atoms with Crippen LogP contribution in [-0.2, 0) is 0 Å². The summed E-state index contributed by atoms with van der Waals surface area (Å²) in [6.45, 7) is 2.00. The van der Waals surface area contributed by atoms with Crippen molar-refractivity contribution in [1.82, 2.24) is 14.9 Å². The molecule has 18 heavy (non-hydrogen) atoms. The predicted octanol–water partition coefficient (Wildman–Crippen LogP) is 2.42. The highest BCUT2D eigenvalue weighted by Gasteiger charge is 2.11. The molecule has 2 heterocycles. The summed E-state index contributed by atoms with van der Waals surface area (Å²) in [7, 11) is 0. The summed E-state index contributed by atoms with van der Waals surface area (Å²) in [4.78, 5) is 0. The van der Waals surface area contributed by atoms with Crippen molar-refractivity contribution in [3.8, 4) is 17.0 Å². The molecule has 0 saturated heterocycles. The number of nitrogen functional groups attached to an aromatic ring is 1. The smallest absolute Gasteiger partial charge is 0.171 e. The summed E-state index contributed by atoms with van der Waals surface area (Å²) >= 11 is 0. The van der Waals surface area contributed by atoms with E-state index in [1.165, 1.54) is 0 Å². The van der Waals surface area contributed by atoms with Gasteiger partial charge in [-0.15, -0.1) is 0 Å². The number of nitrogens with zero attached hydrogens (tertiary/aromatic N) is 3. The SMILES string of the molecule is Cc1cnn(-c2ccccc2-c2cc(N)no2)c1. The number of rotatable bonds is 2. The maximum atomic E-state index is 5.58. The summed E-state index contributed by atoms with van der Waals surface area (Å²) in [6.07, 6.45) is 3.77. The summed E-state index contributed by atoms with van der Waals surface area (Å²) in [5.74, 6) is 1.01. The first-order valence-electron chi connectivity index (χ1n) is 5.57. The molecular weight excluding hydrogens is 228 g/mol. The Balaban J connectivity index is 2.16. The van der Waals surface area contributed by atoms with E-state index in [-0.39, 0.29) is 0 Å². The van der Waals surface area contributed by atoms with E-state index in [0.717, 1.165) is 16.8 Å². The molecule has 0 unspecified atom stereocenters. The van der Waals surface area contributed by atoms with Crippen LogP contribution in [0.2, 0.25) is 0 Å². The van der Waals surface area contributed by atoms with Crippen molar-refractivity contribution in [3.63, 3.8) is 0 Å². The van der Waals surface area contributed by atoms with E-state index in [4.69, 9.17) is 10.3 Å². The van der Waals surface area contributed by atoms with Crippen LogP contribution >= 0.6 is 0 Å². The van der Waals surface area contributed by atoms with Crippen molar-refractivity contribution in [3.05, 3.63) is 48.3 Å². The minimum Gasteiger partial charge on any atom is -0.381 e. The number of hydrogen-bond donors (Lipinski definition) is 1. The van der Waals surface area contributed by atoms with E-state index in [9.17, 15) is 0 Å². The van der Waals surface area contributed by atoms with Crippen LogP contribution in [0, 0.1) is 6.92 Å². The molecule has 2 N–H and O–H groups in total. The van der Waals surface area contributed by atoms with Crippen molar-refractivity contribution in [2.45, 2.75) is 6.92 Å². The average molecular weight is 240 g/mol. The van der Waals surface area contributed by atoms with Crippen molar-refractivity contribution in [2.75, 3.05) is 5.73 Å². The normalized spacial score (nSPS) is 10.7. The number of aryl methyl sites for hydroxylation is 1. The fourth-order valence-corrected chi connectivity index (χ4v) is 1.84. The maximum absolute atomic E-state index is 5.58. The van der Waals surface area contributed by atoms with Crippen molar-refractivity contribution in [2.24, 2.45) is 0 Å². The third kappa shape index (κ3) is 1.75. The van der Waals surface area contributed by atoms with Gasteiger partial charge in [0.25, 0.3) is 0 Å². The van der Waals surface area contributed by atoms with Crippen LogP contribution in [0.25, 0.3) is 17.0 Å². The molecule has 3 rings (SSSR count).